The Hall–Kier alpha value is -3.53. The molecule has 1 amide bonds. The molecule has 10 nitrogen and oxygen atoms in total. The van der Waals surface area contributed by atoms with Gasteiger partial charge in [0, 0.05) is 24.2 Å². The summed E-state index contributed by atoms with van der Waals surface area (Å²) < 4.78 is 20.7. The summed E-state index contributed by atoms with van der Waals surface area (Å²) in [4.78, 5) is 40.0. The third kappa shape index (κ3) is 11.7. The summed E-state index contributed by atoms with van der Waals surface area (Å²) in [7, 11) is 1.40. The zero-order valence-corrected chi connectivity index (χ0v) is 23.4. The van der Waals surface area contributed by atoms with Crippen LogP contribution >= 0.6 is 11.6 Å². The number of aromatic nitrogens is 1. The Morgan fingerprint density at radius 2 is 1.71 bits per heavy atom. The lowest BCUT2D eigenvalue weighted by Gasteiger charge is -2.21. The quantitative estimate of drug-likeness (QED) is 0.278. The minimum atomic E-state index is -0.893. The highest BCUT2D eigenvalue weighted by molar-refractivity contribution is 6.30. The van der Waals surface area contributed by atoms with Crippen molar-refractivity contribution >= 4 is 29.4 Å². The molecule has 1 aromatic carbocycles. The van der Waals surface area contributed by atoms with Crippen molar-refractivity contribution < 1.29 is 38.4 Å². The summed E-state index contributed by atoms with van der Waals surface area (Å²) >= 11 is 5.50. The zero-order valence-electron chi connectivity index (χ0n) is 22.7. The lowest BCUT2D eigenvalue weighted by Crippen LogP contribution is -2.41. The maximum absolute atomic E-state index is 12.7. The number of nitrogens with one attached hydrogen (secondary N) is 1. The van der Waals surface area contributed by atoms with Crippen molar-refractivity contribution in [1.29, 1.82) is 0 Å². The number of hydrogen-bond donors (Lipinski definition) is 2. The Morgan fingerprint density at radius 3 is 2.24 bits per heavy atom. The van der Waals surface area contributed by atoms with Gasteiger partial charge >= 0.3 is 11.9 Å². The van der Waals surface area contributed by atoms with Crippen molar-refractivity contribution in [2.45, 2.75) is 66.0 Å². The molecular formula is C27H37ClN2O8. The second-order valence-electron chi connectivity index (χ2n) is 8.43. The fourth-order valence-corrected chi connectivity index (χ4v) is 3.39. The van der Waals surface area contributed by atoms with Crippen molar-refractivity contribution in [3.05, 3.63) is 47.2 Å². The second kappa shape index (κ2) is 17.1. The number of pyridine rings is 1. The monoisotopic (exact) mass is 552 g/mol. The van der Waals surface area contributed by atoms with E-state index < -0.39 is 30.7 Å². The molecule has 38 heavy (non-hydrogen) atoms. The Bertz CT molecular complexity index is 1010. The highest BCUT2D eigenvalue weighted by Crippen LogP contribution is 2.29. The molecule has 2 atom stereocenters. The lowest BCUT2D eigenvalue weighted by atomic mass is 9.97. The highest BCUT2D eigenvalue weighted by atomic mass is 35.5. The number of nitrogens with zero attached hydrogens (tertiary/aromatic N) is 1. The molecule has 0 saturated heterocycles. The van der Waals surface area contributed by atoms with Gasteiger partial charge in [0.05, 0.1) is 13.2 Å². The van der Waals surface area contributed by atoms with E-state index in [9.17, 15) is 14.4 Å². The Labute approximate surface area is 228 Å². The van der Waals surface area contributed by atoms with E-state index in [2.05, 4.69) is 24.1 Å². The van der Waals surface area contributed by atoms with Crippen molar-refractivity contribution in [3.63, 3.8) is 0 Å². The van der Waals surface area contributed by atoms with Gasteiger partial charge in [-0.2, -0.15) is 0 Å². The number of phenols is 1. The maximum atomic E-state index is 12.7. The highest BCUT2D eigenvalue weighted by Gasteiger charge is 2.25. The average Bonchev–Trinajstić information content (AvgIpc) is 2.88. The van der Waals surface area contributed by atoms with Gasteiger partial charge in [0.1, 0.15) is 11.8 Å². The molecule has 2 rings (SSSR count). The van der Waals surface area contributed by atoms with E-state index in [1.807, 2.05) is 6.92 Å². The lowest BCUT2D eigenvalue weighted by molar-refractivity contribution is -0.151. The van der Waals surface area contributed by atoms with Crippen LogP contribution in [0.25, 0.3) is 0 Å². The average molecular weight is 553 g/mol. The van der Waals surface area contributed by atoms with Crippen molar-refractivity contribution in [2.75, 3.05) is 13.9 Å². The van der Waals surface area contributed by atoms with Crippen LogP contribution in [0.2, 0.25) is 5.02 Å². The number of carbonyl (C=O) groups excluding carboxylic acids is 3. The van der Waals surface area contributed by atoms with E-state index in [-0.39, 0.29) is 29.0 Å². The molecule has 210 valence electrons. The van der Waals surface area contributed by atoms with Gasteiger partial charge in [-0.3, -0.25) is 9.59 Å². The molecule has 1 heterocycles. The van der Waals surface area contributed by atoms with Gasteiger partial charge < -0.3 is 29.4 Å². The summed E-state index contributed by atoms with van der Waals surface area (Å²) in [5, 5.41) is 11.9. The first kappa shape index (κ1) is 32.5. The normalized spacial score (nSPS) is 11.9. The molecule has 0 saturated carbocycles. The summed E-state index contributed by atoms with van der Waals surface area (Å²) in [6, 6.07) is 6.96. The number of aromatic hydroxyl groups is 1. The van der Waals surface area contributed by atoms with Crippen molar-refractivity contribution in [3.8, 4) is 17.2 Å². The predicted molar refractivity (Wildman–Crippen MR) is 142 cm³/mol. The van der Waals surface area contributed by atoms with E-state index in [4.69, 9.17) is 35.7 Å². The van der Waals surface area contributed by atoms with Gasteiger partial charge in [0.25, 0.3) is 5.91 Å². The first-order valence-corrected chi connectivity index (χ1v) is 12.6. The number of halogens is 1. The Morgan fingerprint density at radius 1 is 1.08 bits per heavy atom. The number of rotatable bonds is 12. The summed E-state index contributed by atoms with van der Waals surface area (Å²) in [5.41, 5.74) is -0.105. The van der Waals surface area contributed by atoms with E-state index in [0.717, 1.165) is 19.3 Å². The van der Waals surface area contributed by atoms with Crippen LogP contribution in [-0.2, 0) is 19.1 Å². The molecular weight excluding hydrogens is 516 g/mol. The topological polar surface area (TPSA) is 133 Å². The standard InChI is InChI=1S/C21H32N2O7.C6H5ClO/c1-7-16(8-2)11-13(3)30-21(26)14(4)23-20(25)18-19(29-12-28-15(5)24)17(27-6)9-10-22-18;7-5-1-3-6(8)4-2-5/h9-10,13-14,16H,7-8,11-12H2,1-6H3,(H,23,25);1-4,8H/t13?,14-;/m0./s1. The van der Waals surface area contributed by atoms with Crippen LogP contribution in [0.3, 0.4) is 0 Å². The summed E-state index contributed by atoms with van der Waals surface area (Å²) in [5.74, 6) is -0.763. The third-order valence-electron chi connectivity index (χ3n) is 5.43. The summed E-state index contributed by atoms with van der Waals surface area (Å²) in [6.45, 7) is 8.40. The number of methoxy groups -OCH3 is 1. The number of benzene rings is 1. The van der Waals surface area contributed by atoms with Gasteiger partial charge in [0.2, 0.25) is 6.79 Å². The first-order valence-electron chi connectivity index (χ1n) is 12.3. The first-order chi connectivity index (χ1) is 18.0. The molecule has 0 aliphatic rings. The fraction of sp³-hybridized carbons (Fsp3) is 0.481. The number of phenolic OH excluding ortho intramolecular Hbond substituents is 1. The fourth-order valence-electron chi connectivity index (χ4n) is 3.27. The van der Waals surface area contributed by atoms with E-state index in [1.54, 1.807) is 24.3 Å². The van der Waals surface area contributed by atoms with Crippen LogP contribution in [-0.4, -0.2) is 54.0 Å². The molecule has 0 bridgehead atoms. The largest absolute Gasteiger partial charge is 0.508 e. The minimum Gasteiger partial charge on any atom is -0.508 e. The molecule has 2 N–H and O–H groups in total. The van der Waals surface area contributed by atoms with Crippen LogP contribution in [0.4, 0.5) is 0 Å². The molecule has 11 heteroatoms. The molecule has 2 aromatic rings. The van der Waals surface area contributed by atoms with Crippen molar-refractivity contribution in [1.82, 2.24) is 10.3 Å². The van der Waals surface area contributed by atoms with Gasteiger partial charge in [0.15, 0.2) is 17.2 Å². The van der Waals surface area contributed by atoms with Gasteiger partial charge in [-0.1, -0.05) is 38.3 Å². The van der Waals surface area contributed by atoms with Crippen LogP contribution < -0.4 is 14.8 Å². The zero-order chi connectivity index (χ0) is 28.7. The molecule has 1 aromatic heterocycles. The minimum absolute atomic E-state index is 0.00131. The molecule has 1 unspecified atom stereocenters. The van der Waals surface area contributed by atoms with E-state index in [0.29, 0.717) is 10.9 Å². The molecule has 0 aliphatic carbocycles. The molecule has 0 radical (unpaired) electrons. The van der Waals surface area contributed by atoms with Crippen LogP contribution in [0.1, 0.15) is 64.4 Å². The third-order valence-corrected chi connectivity index (χ3v) is 5.69. The number of amides is 1. The smallest absolute Gasteiger partial charge is 0.328 e. The van der Waals surface area contributed by atoms with E-state index >= 15 is 0 Å². The summed E-state index contributed by atoms with van der Waals surface area (Å²) in [6.07, 6.45) is 3.92. The number of carbonyl (C=O) groups is 3. The SMILES string of the molecule is CCC(CC)CC(C)OC(=O)[C@H](C)NC(=O)c1nccc(OC)c1OCOC(C)=O.Oc1ccc(Cl)cc1. The molecule has 0 fully saturated rings. The Kier molecular flexibility index (Phi) is 14.6. The number of hydrogen-bond acceptors (Lipinski definition) is 9. The number of ether oxygens (including phenoxy) is 4. The van der Waals surface area contributed by atoms with Gasteiger partial charge in [-0.15, -0.1) is 0 Å². The Balaban J connectivity index is 0.000000763. The predicted octanol–water partition coefficient (Wildman–Crippen LogP) is 4.91. The van der Waals surface area contributed by atoms with Crippen molar-refractivity contribution in [2.24, 2.45) is 5.92 Å². The van der Waals surface area contributed by atoms with Gasteiger partial charge in [-0.05, 0) is 50.5 Å². The number of esters is 2. The maximum Gasteiger partial charge on any atom is 0.328 e. The van der Waals surface area contributed by atoms with Crippen LogP contribution in [0.5, 0.6) is 17.2 Å². The van der Waals surface area contributed by atoms with Gasteiger partial charge in [-0.25, -0.2) is 9.78 Å². The molecule has 0 aliphatic heterocycles. The second-order valence-corrected chi connectivity index (χ2v) is 8.86. The van der Waals surface area contributed by atoms with Crippen LogP contribution in [0.15, 0.2) is 36.5 Å². The van der Waals surface area contributed by atoms with Crippen LogP contribution in [0, 0.1) is 5.92 Å². The molecule has 0 spiro atoms. The van der Waals surface area contributed by atoms with E-state index in [1.165, 1.54) is 33.2 Å².